The second kappa shape index (κ2) is 12.0. The second-order valence-electron chi connectivity index (χ2n) is 9.83. The van der Waals surface area contributed by atoms with Gasteiger partial charge in [-0.05, 0) is 52.9 Å². The Hall–Kier alpha value is -1.18. The predicted molar refractivity (Wildman–Crippen MR) is 114 cm³/mol. The summed E-state index contributed by atoms with van der Waals surface area (Å²) in [7, 11) is 1.61. The van der Waals surface area contributed by atoms with Gasteiger partial charge in [0.25, 0.3) is 0 Å². The largest absolute Gasteiger partial charge is 0.460 e. The van der Waals surface area contributed by atoms with Gasteiger partial charge in [0, 0.05) is 13.2 Å². The van der Waals surface area contributed by atoms with Crippen LogP contribution in [0.5, 0.6) is 0 Å². The molecule has 2 aliphatic rings. The van der Waals surface area contributed by atoms with Crippen molar-refractivity contribution in [3.63, 3.8) is 0 Å². The maximum absolute atomic E-state index is 13.1. The summed E-state index contributed by atoms with van der Waals surface area (Å²) in [5.74, 6) is -1.07. The third-order valence-corrected chi connectivity index (χ3v) is 6.05. The first-order valence-corrected chi connectivity index (χ1v) is 11.5. The number of methoxy groups -OCH3 is 1. The molecule has 1 unspecified atom stereocenters. The molecule has 1 atom stereocenters. The first kappa shape index (κ1) is 25.1. The number of esters is 1. The predicted octanol–water partition coefficient (Wildman–Crippen LogP) is 3.94. The van der Waals surface area contributed by atoms with Gasteiger partial charge in [-0.3, -0.25) is 4.79 Å². The third kappa shape index (κ3) is 8.16. The van der Waals surface area contributed by atoms with Crippen LogP contribution in [-0.4, -0.2) is 50.5 Å². The lowest BCUT2D eigenvalue weighted by Crippen LogP contribution is -2.42. The maximum Gasteiger partial charge on any atom is 0.330 e. The zero-order valence-electron chi connectivity index (χ0n) is 19.3. The highest BCUT2D eigenvalue weighted by molar-refractivity contribution is 5.79. The molecule has 7 nitrogen and oxygen atoms in total. The van der Waals surface area contributed by atoms with Crippen molar-refractivity contribution in [3.8, 4) is 0 Å². The topological polar surface area (TPSA) is 83.1 Å². The SMILES string of the molecule is COCCOCC(CC1(C(=O)ONC2CCCCC2)CCCC1)C(=O)OC(C)(C)C. The number of rotatable bonds is 11. The van der Waals surface area contributed by atoms with Crippen molar-refractivity contribution in [2.75, 3.05) is 26.9 Å². The van der Waals surface area contributed by atoms with E-state index in [1.165, 1.54) is 19.3 Å². The Bertz CT molecular complexity index is 532. The quantitative estimate of drug-likeness (QED) is 0.304. The van der Waals surface area contributed by atoms with Crippen LogP contribution in [0.1, 0.15) is 85.0 Å². The van der Waals surface area contributed by atoms with Crippen LogP contribution in [0.2, 0.25) is 0 Å². The van der Waals surface area contributed by atoms with Crippen LogP contribution in [0.15, 0.2) is 0 Å². The molecular weight excluding hydrogens is 386 g/mol. The van der Waals surface area contributed by atoms with E-state index in [4.69, 9.17) is 19.0 Å². The molecule has 0 spiro atoms. The third-order valence-electron chi connectivity index (χ3n) is 6.05. The molecule has 2 fully saturated rings. The number of ether oxygens (including phenoxy) is 3. The van der Waals surface area contributed by atoms with E-state index in [1.54, 1.807) is 7.11 Å². The van der Waals surface area contributed by atoms with Gasteiger partial charge in [0.15, 0.2) is 0 Å². The van der Waals surface area contributed by atoms with Gasteiger partial charge in [-0.1, -0.05) is 32.1 Å². The molecule has 0 aromatic heterocycles. The van der Waals surface area contributed by atoms with Crippen LogP contribution < -0.4 is 5.48 Å². The van der Waals surface area contributed by atoms with Crippen molar-refractivity contribution in [1.29, 1.82) is 0 Å². The van der Waals surface area contributed by atoms with E-state index in [9.17, 15) is 9.59 Å². The zero-order chi connectivity index (χ0) is 22.0. The number of nitrogens with one attached hydrogen (secondary N) is 1. The van der Waals surface area contributed by atoms with Gasteiger partial charge in [-0.2, -0.15) is 5.48 Å². The Morgan fingerprint density at radius 3 is 2.30 bits per heavy atom. The van der Waals surface area contributed by atoms with Crippen molar-refractivity contribution in [2.45, 2.75) is 96.6 Å². The lowest BCUT2D eigenvalue weighted by Gasteiger charge is -2.32. The number of carbonyl (C=O) groups excluding carboxylic acids is 2. The van der Waals surface area contributed by atoms with Crippen LogP contribution in [0.25, 0.3) is 0 Å². The Kier molecular flexibility index (Phi) is 10.0. The smallest absolute Gasteiger partial charge is 0.330 e. The highest BCUT2D eigenvalue weighted by Crippen LogP contribution is 2.44. The van der Waals surface area contributed by atoms with Crippen molar-refractivity contribution >= 4 is 11.9 Å². The summed E-state index contributed by atoms with van der Waals surface area (Å²) < 4.78 is 16.3. The summed E-state index contributed by atoms with van der Waals surface area (Å²) in [5, 5.41) is 0. The number of hydroxylamine groups is 1. The Labute approximate surface area is 181 Å². The standard InChI is InChI=1S/C23H41NO6/c1-22(2,3)29-20(25)18(17-28-15-14-27-4)16-23(12-8-9-13-23)21(26)30-24-19-10-6-5-7-11-19/h18-19,24H,5-17H2,1-4H3. The first-order valence-electron chi connectivity index (χ1n) is 11.5. The Morgan fingerprint density at radius 1 is 1.03 bits per heavy atom. The van der Waals surface area contributed by atoms with Gasteiger partial charge in [0.1, 0.15) is 5.60 Å². The summed E-state index contributed by atoms with van der Waals surface area (Å²) >= 11 is 0. The van der Waals surface area contributed by atoms with E-state index in [2.05, 4.69) is 5.48 Å². The monoisotopic (exact) mass is 427 g/mol. The summed E-state index contributed by atoms with van der Waals surface area (Å²) in [5.41, 5.74) is 1.76. The molecule has 0 bridgehead atoms. The number of hydrogen-bond acceptors (Lipinski definition) is 7. The van der Waals surface area contributed by atoms with E-state index < -0.39 is 16.9 Å². The van der Waals surface area contributed by atoms with Crippen molar-refractivity contribution in [1.82, 2.24) is 5.48 Å². The second-order valence-corrected chi connectivity index (χ2v) is 9.83. The minimum Gasteiger partial charge on any atom is -0.460 e. The molecule has 174 valence electrons. The fourth-order valence-corrected chi connectivity index (χ4v) is 4.44. The van der Waals surface area contributed by atoms with Crippen molar-refractivity contribution < 1.29 is 28.6 Å². The van der Waals surface area contributed by atoms with E-state index in [0.717, 1.165) is 38.5 Å². The van der Waals surface area contributed by atoms with Crippen LogP contribution in [-0.2, 0) is 28.6 Å². The van der Waals surface area contributed by atoms with Gasteiger partial charge in [-0.15, -0.1) is 0 Å². The molecule has 0 aromatic rings. The summed E-state index contributed by atoms with van der Waals surface area (Å²) in [6, 6.07) is 0.236. The fourth-order valence-electron chi connectivity index (χ4n) is 4.44. The maximum atomic E-state index is 13.1. The number of hydrogen-bond donors (Lipinski definition) is 1. The molecule has 0 saturated heterocycles. The molecule has 7 heteroatoms. The molecule has 2 saturated carbocycles. The molecular formula is C23H41NO6. The molecule has 0 amide bonds. The van der Waals surface area contributed by atoms with Gasteiger partial charge in [0.05, 0.1) is 31.2 Å². The molecule has 2 aliphatic carbocycles. The summed E-state index contributed by atoms with van der Waals surface area (Å²) in [6.07, 6.45) is 9.43. The lowest BCUT2D eigenvalue weighted by molar-refractivity contribution is -0.172. The fraction of sp³-hybridized carbons (Fsp3) is 0.913. The average Bonchev–Trinajstić information content (AvgIpc) is 3.18. The highest BCUT2D eigenvalue weighted by Gasteiger charge is 2.46. The molecule has 30 heavy (non-hydrogen) atoms. The van der Waals surface area contributed by atoms with Gasteiger partial charge in [0.2, 0.25) is 0 Å². The molecule has 2 rings (SSSR count). The molecule has 0 heterocycles. The summed E-state index contributed by atoms with van der Waals surface area (Å²) in [6.45, 7) is 6.61. The zero-order valence-corrected chi connectivity index (χ0v) is 19.3. The van der Waals surface area contributed by atoms with Gasteiger partial charge in [-0.25, -0.2) is 4.79 Å². The van der Waals surface area contributed by atoms with Crippen LogP contribution in [0, 0.1) is 11.3 Å². The molecule has 0 aromatic carbocycles. The Balaban J connectivity index is 2.02. The van der Waals surface area contributed by atoms with Crippen LogP contribution >= 0.6 is 0 Å². The van der Waals surface area contributed by atoms with E-state index >= 15 is 0 Å². The minimum absolute atomic E-state index is 0.212. The van der Waals surface area contributed by atoms with Crippen LogP contribution in [0.4, 0.5) is 0 Å². The lowest BCUT2D eigenvalue weighted by atomic mass is 9.77. The van der Waals surface area contributed by atoms with E-state index in [1.807, 2.05) is 20.8 Å². The average molecular weight is 428 g/mol. The highest BCUT2D eigenvalue weighted by atomic mass is 16.7. The minimum atomic E-state index is -0.659. The van der Waals surface area contributed by atoms with Crippen LogP contribution in [0.3, 0.4) is 0 Å². The molecule has 1 N–H and O–H groups in total. The normalized spacial score (nSPS) is 20.7. The molecule has 0 aliphatic heterocycles. The van der Waals surface area contributed by atoms with E-state index in [0.29, 0.717) is 19.6 Å². The Morgan fingerprint density at radius 2 is 1.70 bits per heavy atom. The summed E-state index contributed by atoms with van der Waals surface area (Å²) in [4.78, 5) is 31.6. The van der Waals surface area contributed by atoms with E-state index in [-0.39, 0.29) is 24.6 Å². The number of carbonyl (C=O) groups is 2. The van der Waals surface area contributed by atoms with Crippen molar-refractivity contribution in [2.24, 2.45) is 11.3 Å². The van der Waals surface area contributed by atoms with Gasteiger partial charge >= 0.3 is 11.9 Å². The first-order chi connectivity index (χ1) is 14.3. The van der Waals surface area contributed by atoms with Crippen molar-refractivity contribution in [3.05, 3.63) is 0 Å². The van der Waals surface area contributed by atoms with Gasteiger partial charge < -0.3 is 19.0 Å². The molecule has 0 radical (unpaired) electrons.